The van der Waals surface area contributed by atoms with E-state index in [-0.39, 0.29) is 19.1 Å². The van der Waals surface area contributed by atoms with Gasteiger partial charge in [-0.3, -0.25) is 9.36 Å². The number of hydrogen-bond acceptors (Lipinski definition) is 6. The number of nitrogens with zero attached hydrogens (tertiary/aromatic N) is 1. The van der Waals surface area contributed by atoms with Crippen molar-refractivity contribution in [2.24, 2.45) is 0 Å². The van der Waals surface area contributed by atoms with Crippen molar-refractivity contribution in [3.8, 4) is 0 Å². The second-order valence-electron chi connectivity index (χ2n) is 12.8. The van der Waals surface area contributed by atoms with Gasteiger partial charge in [-0.05, 0) is 51.4 Å². The fourth-order valence-electron chi connectivity index (χ4n) is 4.50. The first-order chi connectivity index (χ1) is 21.5. The molecule has 0 aliphatic carbocycles. The van der Waals surface area contributed by atoms with Crippen LogP contribution in [0.4, 0.5) is 0 Å². The van der Waals surface area contributed by atoms with Crippen molar-refractivity contribution in [1.82, 2.24) is 5.32 Å². The molecule has 45 heavy (non-hydrogen) atoms. The Kier molecular flexibility index (Phi) is 27.7. The summed E-state index contributed by atoms with van der Waals surface area (Å²) in [5, 5.41) is 13.7. The Labute approximate surface area is 276 Å². The lowest BCUT2D eigenvalue weighted by Crippen LogP contribution is -2.46. The van der Waals surface area contributed by atoms with E-state index in [9.17, 15) is 19.4 Å². The molecule has 3 atom stereocenters. The standard InChI is InChI=1S/C36H67N2O6P/c1-6-8-10-12-14-16-17-18-19-20-21-22-24-26-28-30-36(40)37-34(33-44-45(41,42)43-32-31-38(3,4)5)35(39)29-27-25-23-15-13-11-9-7-2/h8,10,14,16,18-19,21-22,34-35,39H,6-7,9,11-13,15,17,20,23-33H2,1-5H3,(H-,37,40,41,42)/b10-8-,16-14-,19-18-,22-21-. The van der Waals surface area contributed by atoms with Gasteiger partial charge in [0.05, 0.1) is 39.9 Å². The van der Waals surface area contributed by atoms with Crippen molar-refractivity contribution in [2.75, 3.05) is 40.9 Å². The second-order valence-corrected chi connectivity index (χ2v) is 14.3. The molecule has 0 rings (SSSR count). The third-order valence-electron chi connectivity index (χ3n) is 7.33. The Hall–Kier alpha value is -1.54. The van der Waals surface area contributed by atoms with Gasteiger partial charge in [-0.2, -0.15) is 0 Å². The van der Waals surface area contributed by atoms with Crippen LogP contribution in [0.25, 0.3) is 0 Å². The first kappa shape index (κ1) is 43.5. The number of phosphoric acid groups is 1. The van der Waals surface area contributed by atoms with Crippen molar-refractivity contribution in [2.45, 2.75) is 135 Å². The van der Waals surface area contributed by atoms with Gasteiger partial charge >= 0.3 is 0 Å². The van der Waals surface area contributed by atoms with Gasteiger partial charge in [0.2, 0.25) is 5.91 Å². The first-order valence-corrected chi connectivity index (χ1v) is 18.9. The number of carbonyl (C=O) groups is 1. The number of phosphoric ester groups is 1. The topological polar surface area (TPSA) is 108 Å². The maximum atomic E-state index is 12.7. The number of amides is 1. The first-order valence-electron chi connectivity index (χ1n) is 17.5. The van der Waals surface area contributed by atoms with Crippen LogP contribution in [0.3, 0.4) is 0 Å². The fourth-order valence-corrected chi connectivity index (χ4v) is 5.22. The summed E-state index contributed by atoms with van der Waals surface area (Å²) in [5.74, 6) is -0.213. The smallest absolute Gasteiger partial charge is 0.268 e. The molecule has 0 aromatic carbocycles. The van der Waals surface area contributed by atoms with Gasteiger partial charge in [-0.1, -0.05) is 114 Å². The van der Waals surface area contributed by atoms with Crippen molar-refractivity contribution in [3.05, 3.63) is 48.6 Å². The number of quaternary nitrogens is 1. The molecule has 0 bridgehead atoms. The maximum absolute atomic E-state index is 12.7. The van der Waals surface area contributed by atoms with E-state index in [1.165, 1.54) is 32.1 Å². The molecule has 0 aliphatic rings. The fraction of sp³-hybridized carbons (Fsp3) is 0.750. The van der Waals surface area contributed by atoms with Crippen LogP contribution >= 0.6 is 7.82 Å². The molecule has 1 amide bonds. The number of nitrogens with one attached hydrogen (secondary N) is 1. The number of unbranched alkanes of at least 4 members (excludes halogenated alkanes) is 9. The average Bonchev–Trinajstić information content (AvgIpc) is 2.97. The molecule has 0 aromatic heterocycles. The minimum atomic E-state index is -4.56. The van der Waals surface area contributed by atoms with Gasteiger partial charge in [-0.15, -0.1) is 0 Å². The SMILES string of the molecule is CC/C=C\C/C=C\C/C=C\C/C=C\CCCCC(=O)NC(COP(=O)([O-])OCC[N+](C)(C)C)C(O)CCCCCCCCCC. The van der Waals surface area contributed by atoms with E-state index in [4.69, 9.17) is 9.05 Å². The molecule has 8 nitrogen and oxygen atoms in total. The molecule has 0 aliphatic heterocycles. The van der Waals surface area contributed by atoms with E-state index < -0.39 is 20.0 Å². The van der Waals surface area contributed by atoms with E-state index in [2.05, 4.69) is 67.8 Å². The highest BCUT2D eigenvalue weighted by atomic mass is 31.2. The number of carbonyl (C=O) groups excluding carboxylic acids is 1. The zero-order valence-corrected chi connectivity index (χ0v) is 30.2. The van der Waals surface area contributed by atoms with Crippen LogP contribution < -0.4 is 10.2 Å². The Balaban J connectivity index is 4.57. The number of aliphatic hydroxyl groups is 1. The van der Waals surface area contributed by atoms with Gasteiger partial charge in [0, 0.05) is 6.42 Å². The quantitative estimate of drug-likeness (QED) is 0.0353. The molecular formula is C36H67N2O6P. The predicted molar refractivity (Wildman–Crippen MR) is 187 cm³/mol. The highest BCUT2D eigenvalue weighted by molar-refractivity contribution is 7.45. The molecule has 0 saturated heterocycles. The lowest BCUT2D eigenvalue weighted by Gasteiger charge is -2.30. The summed E-state index contributed by atoms with van der Waals surface area (Å²) in [6.07, 6.45) is 32.7. The number of rotatable bonds is 30. The zero-order chi connectivity index (χ0) is 33.7. The Morgan fingerprint density at radius 3 is 1.93 bits per heavy atom. The van der Waals surface area contributed by atoms with Crippen LogP contribution in [0.15, 0.2) is 48.6 Å². The van der Waals surface area contributed by atoms with Gasteiger partial charge in [0.15, 0.2) is 0 Å². The van der Waals surface area contributed by atoms with Crippen LogP contribution in [0, 0.1) is 0 Å². The summed E-state index contributed by atoms with van der Waals surface area (Å²) in [5.41, 5.74) is 0. The molecule has 0 radical (unpaired) electrons. The third-order valence-corrected chi connectivity index (χ3v) is 8.30. The van der Waals surface area contributed by atoms with E-state index in [1.54, 1.807) is 0 Å². The van der Waals surface area contributed by atoms with Crippen molar-refractivity contribution in [1.29, 1.82) is 0 Å². The second kappa shape index (κ2) is 28.7. The summed E-state index contributed by atoms with van der Waals surface area (Å²) in [6, 6.07) is -0.819. The van der Waals surface area contributed by atoms with E-state index in [1.807, 2.05) is 21.1 Å². The molecule has 0 spiro atoms. The molecule has 0 aromatic rings. The third kappa shape index (κ3) is 30.9. The van der Waals surface area contributed by atoms with Gasteiger partial charge in [-0.25, -0.2) is 0 Å². The number of allylic oxidation sites excluding steroid dienone is 8. The summed E-state index contributed by atoms with van der Waals surface area (Å²) in [7, 11) is 1.26. The average molecular weight is 655 g/mol. The molecule has 2 N–H and O–H groups in total. The highest BCUT2D eigenvalue weighted by Gasteiger charge is 2.24. The van der Waals surface area contributed by atoms with E-state index in [0.29, 0.717) is 30.3 Å². The molecule has 9 heteroatoms. The highest BCUT2D eigenvalue weighted by Crippen LogP contribution is 2.38. The van der Waals surface area contributed by atoms with E-state index >= 15 is 0 Å². The van der Waals surface area contributed by atoms with Crippen LogP contribution in [0.2, 0.25) is 0 Å². The van der Waals surface area contributed by atoms with Crippen LogP contribution in [0.1, 0.15) is 123 Å². The molecule has 0 fully saturated rings. The zero-order valence-electron chi connectivity index (χ0n) is 29.3. The van der Waals surface area contributed by atoms with Crippen LogP contribution in [-0.2, 0) is 18.4 Å². The largest absolute Gasteiger partial charge is 0.756 e. The lowest BCUT2D eigenvalue weighted by atomic mass is 10.0. The Morgan fingerprint density at radius 2 is 1.36 bits per heavy atom. The molecular weight excluding hydrogens is 587 g/mol. The van der Waals surface area contributed by atoms with Crippen molar-refractivity contribution in [3.63, 3.8) is 0 Å². The Bertz CT molecular complexity index is 881. The summed E-state index contributed by atoms with van der Waals surface area (Å²) in [6.45, 7) is 4.49. The Morgan fingerprint density at radius 1 is 0.800 bits per heavy atom. The summed E-state index contributed by atoms with van der Waals surface area (Å²) in [4.78, 5) is 25.0. The molecule has 0 heterocycles. The predicted octanol–water partition coefficient (Wildman–Crippen LogP) is 7.94. The number of hydrogen-bond donors (Lipinski definition) is 2. The van der Waals surface area contributed by atoms with Gasteiger partial charge in [0.25, 0.3) is 7.82 Å². The number of aliphatic hydroxyl groups excluding tert-OH is 1. The number of likely N-dealkylation sites (N-methyl/N-ethyl adjacent to an activating group) is 1. The van der Waals surface area contributed by atoms with Crippen molar-refractivity contribution >= 4 is 13.7 Å². The van der Waals surface area contributed by atoms with E-state index in [0.717, 1.165) is 57.8 Å². The summed E-state index contributed by atoms with van der Waals surface area (Å²) >= 11 is 0. The maximum Gasteiger partial charge on any atom is 0.268 e. The molecule has 3 unspecified atom stereocenters. The minimum Gasteiger partial charge on any atom is -0.756 e. The monoisotopic (exact) mass is 654 g/mol. The van der Waals surface area contributed by atoms with Crippen LogP contribution in [-0.4, -0.2) is 68.5 Å². The van der Waals surface area contributed by atoms with Crippen LogP contribution in [0.5, 0.6) is 0 Å². The van der Waals surface area contributed by atoms with Crippen molar-refractivity contribution < 1.29 is 32.9 Å². The normalized spacial score (nSPS) is 15.4. The summed E-state index contributed by atoms with van der Waals surface area (Å²) < 4.78 is 23.0. The molecule has 262 valence electrons. The lowest BCUT2D eigenvalue weighted by molar-refractivity contribution is -0.870. The van der Waals surface area contributed by atoms with Gasteiger partial charge in [0.1, 0.15) is 13.2 Å². The molecule has 0 saturated carbocycles. The van der Waals surface area contributed by atoms with Gasteiger partial charge < -0.3 is 28.8 Å². The minimum absolute atomic E-state index is 0.00138.